The van der Waals surface area contributed by atoms with Crippen molar-refractivity contribution in [2.75, 3.05) is 26.7 Å². The van der Waals surface area contributed by atoms with Gasteiger partial charge in [-0.2, -0.15) is 0 Å². The Bertz CT molecular complexity index is 720. The third-order valence-corrected chi connectivity index (χ3v) is 5.28. The van der Waals surface area contributed by atoms with Crippen molar-refractivity contribution in [3.05, 3.63) is 36.0 Å². The highest BCUT2D eigenvalue weighted by molar-refractivity contribution is 6.07. The fraction of sp³-hybridized carbons (Fsp3) is 0.500. The van der Waals surface area contributed by atoms with E-state index in [4.69, 9.17) is 0 Å². The minimum atomic E-state index is 0.210. The van der Waals surface area contributed by atoms with Crippen molar-refractivity contribution in [1.82, 2.24) is 14.4 Å². The van der Waals surface area contributed by atoms with Crippen molar-refractivity contribution in [2.24, 2.45) is 13.0 Å². The van der Waals surface area contributed by atoms with Crippen LogP contribution in [0.5, 0.6) is 0 Å². The molecule has 1 aromatic carbocycles. The first-order valence-electron chi connectivity index (χ1n) is 8.17. The Morgan fingerprint density at radius 3 is 2.77 bits per heavy atom. The molecule has 3 fully saturated rings. The molecule has 5 rings (SSSR count). The molecule has 0 radical (unpaired) electrons. The molecule has 116 valence electrons. The lowest BCUT2D eigenvalue weighted by molar-refractivity contribution is 0.0589. The SMILES string of the molecule is CN1C[C@@H]2CC[C@H](C1)N(C(=O)c1cn(C)c3ccccc13)C2. The second-order valence-corrected chi connectivity index (χ2v) is 6.95. The van der Waals surface area contributed by atoms with Crippen LogP contribution in [0.3, 0.4) is 0 Å². The molecule has 4 heterocycles. The van der Waals surface area contributed by atoms with Gasteiger partial charge in [-0.3, -0.25) is 4.79 Å². The predicted octanol–water partition coefficient (Wildman–Crippen LogP) is 2.34. The smallest absolute Gasteiger partial charge is 0.256 e. The molecule has 0 aliphatic carbocycles. The van der Waals surface area contributed by atoms with Crippen LogP contribution in [0.4, 0.5) is 0 Å². The van der Waals surface area contributed by atoms with Crippen LogP contribution in [0, 0.1) is 5.92 Å². The normalized spacial score (nSPS) is 25.6. The average Bonchev–Trinajstić information content (AvgIpc) is 2.65. The van der Waals surface area contributed by atoms with E-state index in [2.05, 4.69) is 33.5 Å². The fourth-order valence-electron chi connectivity index (χ4n) is 4.23. The maximum atomic E-state index is 13.2. The summed E-state index contributed by atoms with van der Waals surface area (Å²) in [7, 11) is 4.19. The van der Waals surface area contributed by atoms with E-state index >= 15 is 0 Å². The van der Waals surface area contributed by atoms with Crippen LogP contribution in [0.25, 0.3) is 10.9 Å². The zero-order valence-electron chi connectivity index (χ0n) is 13.3. The van der Waals surface area contributed by atoms with Gasteiger partial charge in [0.05, 0.1) is 5.56 Å². The van der Waals surface area contributed by atoms with Gasteiger partial charge in [-0.25, -0.2) is 0 Å². The summed E-state index contributed by atoms with van der Waals surface area (Å²) < 4.78 is 2.06. The molecular formula is C18H23N3O. The lowest BCUT2D eigenvalue weighted by Crippen LogP contribution is -2.47. The van der Waals surface area contributed by atoms with Gasteiger partial charge in [-0.05, 0) is 31.9 Å². The monoisotopic (exact) mass is 297 g/mol. The van der Waals surface area contributed by atoms with Crippen LogP contribution in [0.15, 0.2) is 30.5 Å². The molecule has 4 nitrogen and oxygen atoms in total. The summed E-state index contributed by atoms with van der Waals surface area (Å²) in [5.74, 6) is 0.837. The van der Waals surface area contributed by atoms with Gasteiger partial charge in [0.1, 0.15) is 0 Å². The number of hydrogen-bond acceptors (Lipinski definition) is 2. The van der Waals surface area contributed by atoms with Gasteiger partial charge in [0, 0.05) is 49.8 Å². The van der Waals surface area contributed by atoms with Crippen molar-refractivity contribution in [1.29, 1.82) is 0 Å². The Hall–Kier alpha value is -1.81. The number of nitrogens with zero attached hydrogens (tertiary/aromatic N) is 3. The Balaban J connectivity index is 1.72. The molecule has 3 aliphatic heterocycles. The molecule has 0 saturated carbocycles. The van der Waals surface area contributed by atoms with Crippen molar-refractivity contribution in [2.45, 2.75) is 18.9 Å². The summed E-state index contributed by atoms with van der Waals surface area (Å²) in [5, 5.41) is 1.07. The molecule has 2 aromatic rings. The number of carbonyl (C=O) groups is 1. The summed E-state index contributed by atoms with van der Waals surface area (Å²) in [5.41, 5.74) is 1.98. The van der Waals surface area contributed by atoms with E-state index in [-0.39, 0.29) is 5.91 Å². The van der Waals surface area contributed by atoms with Gasteiger partial charge < -0.3 is 14.4 Å². The zero-order chi connectivity index (χ0) is 15.3. The van der Waals surface area contributed by atoms with Crippen molar-refractivity contribution in [3.8, 4) is 0 Å². The van der Waals surface area contributed by atoms with Crippen molar-refractivity contribution < 1.29 is 4.79 Å². The summed E-state index contributed by atoms with van der Waals surface area (Å²) >= 11 is 0. The van der Waals surface area contributed by atoms with Crippen LogP contribution in [0.1, 0.15) is 23.2 Å². The number of piperidine rings is 1. The van der Waals surface area contributed by atoms with Crippen molar-refractivity contribution in [3.63, 3.8) is 0 Å². The van der Waals surface area contributed by atoms with E-state index in [1.807, 2.05) is 25.4 Å². The van der Waals surface area contributed by atoms with E-state index in [0.717, 1.165) is 42.5 Å². The first-order chi connectivity index (χ1) is 10.6. The number of likely N-dealkylation sites (N-methyl/N-ethyl adjacent to an activating group) is 1. The van der Waals surface area contributed by atoms with Crippen LogP contribution >= 0.6 is 0 Å². The minimum Gasteiger partial charge on any atom is -0.350 e. The molecule has 1 aromatic heterocycles. The Labute approximate surface area is 131 Å². The largest absolute Gasteiger partial charge is 0.350 e. The predicted molar refractivity (Wildman–Crippen MR) is 88.0 cm³/mol. The summed E-state index contributed by atoms with van der Waals surface area (Å²) in [6.45, 7) is 3.04. The number of fused-ring (bicyclic) bond motifs is 5. The van der Waals surface area contributed by atoms with E-state index in [1.165, 1.54) is 6.42 Å². The quantitative estimate of drug-likeness (QED) is 0.808. The van der Waals surface area contributed by atoms with Crippen LogP contribution in [-0.2, 0) is 7.05 Å². The molecule has 22 heavy (non-hydrogen) atoms. The highest BCUT2D eigenvalue weighted by Crippen LogP contribution is 2.30. The Kier molecular flexibility index (Phi) is 3.22. The van der Waals surface area contributed by atoms with Gasteiger partial charge in [-0.15, -0.1) is 0 Å². The topological polar surface area (TPSA) is 28.5 Å². The lowest BCUT2D eigenvalue weighted by Gasteiger charge is -2.36. The second kappa shape index (κ2) is 5.13. The molecule has 0 unspecified atom stereocenters. The standard InChI is InChI=1S/C18H23N3O/c1-19-9-13-7-8-14(11-19)21(10-13)18(22)16-12-20(2)17-6-4-3-5-15(16)17/h3-6,12-14H,7-11H2,1-2H3/t13-,14+/m0/s1. The van der Waals surface area contributed by atoms with Crippen LogP contribution in [-0.4, -0.2) is 53.0 Å². The zero-order valence-corrected chi connectivity index (χ0v) is 13.3. The number of benzene rings is 1. The lowest BCUT2D eigenvalue weighted by atomic mass is 9.94. The number of para-hydroxylation sites is 1. The fourth-order valence-corrected chi connectivity index (χ4v) is 4.23. The molecular weight excluding hydrogens is 274 g/mol. The van der Waals surface area contributed by atoms with Gasteiger partial charge in [0.25, 0.3) is 5.91 Å². The third kappa shape index (κ3) is 2.13. The van der Waals surface area contributed by atoms with Crippen molar-refractivity contribution >= 4 is 16.8 Å². The number of amides is 1. The number of aromatic nitrogens is 1. The highest BCUT2D eigenvalue weighted by atomic mass is 16.2. The first kappa shape index (κ1) is 13.8. The molecule has 4 heteroatoms. The van der Waals surface area contributed by atoms with Gasteiger partial charge in [-0.1, -0.05) is 18.2 Å². The summed E-state index contributed by atoms with van der Waals surface area (Å²) in [6.07, 6.45) is 4.40. The van der Waals surface area contributed by atoms with E-state index < -0.39 is 0 Å². The summed E-state index contributed by atoms with van der Waals surface area (Å²) in [4.78, 5) is 17.7. The number of carbonyl (C=O) groups excluding carboxylic acids is 1. The van der Waals surface area contributed by atoms with E-state index in [9.17, 15) is 4.79 Å². The molecule has 2 atom stereocenters. The van der Waals surface area contributed by atoms with E-state index in [1.54, 1.807) is 0 Å². The molecule has 1 amide bonds. The summed E-state index contributed by atoms with van der Waals surface area (Å²) in [6, 6.07) is 8.55. The van der Waals surface area contributed by atoms with Gasteiger partial charge >= 0.3 is 0 Å². The molecule has 3 saturated heterocycles. The van der Waals surface area contributed by atoms with Gasteiger partial charge in [0.15, 0.2) is 0 Å². The Morgan fingerprint density at radius 2 is 1.91 bits per heavy atom. The number of hydrogen-bond donors (Lipinski definition) is 0. The molecule has 0 N–H and O–H groups in total. The first-order valence-corrected chi connectivity index (χ1v) is 8.17. The van der Waals surface area contributed by atoms with Gasteiger partial charge in [0.2, 0.25) is 0 Å². The second-order valence-electron chi connectivity index (χ2n) is 6.95. The molecule has 3 aliphatic rings. The maximum Gasteiger partial charge on any atom is 0.256 e. The maximum absolute atomic E-state index is 13.2. The highest BCUT2D eigenvalue weighted by Gasteiger charge is 2.37. The minimum absolute atomic E-state index is 0.210. The Morgan fingerprint density at radius 1 is 1.09 bits per heavy atom. The molecule has 0 spiro atoms. The van der Waals surface area contributed by atoms with E-state index in [0.29, 0.717) is 12.0 Å². The number of aryl methyl sites for hydroxylation is 1. The average molecular weight is 297 g/mol. The molecule has 2 bridgehead atoms. The number of rotatable bonds is 1. The van der Waals surface area contributed by atoms with Crippen LogP contribution in [0.2, 0.25) is 0 Å². The third-order valence-electron chi connectivity index (χ3n) is 5.28. The van der Waals surface area contributed by atoms with Crippen LogP contribution < -0.4 is 0 Å².